The number of carbonyl (C=O) groups excluding carboxylic acids is 1. The van der Waals surface area contributed by atoms with E-state index in [1.165, 1.54) is 0 Å². The number of hydrogen-bond acceptors (Lipinski definition) is 6. The molecule has 0 spiro atoms. The van der Waals surface area contributed by atoms with Gasteiger partial charge in [-0.05, 0) is 45.9 Å². The van der Waals surface area contributed by atoms with E-state index in [0.717, 1.165) is 17.2 Å². The number of ether oxygens (including phenoxy) is 1. The molecule has 0 aliphatic rings. The molecule has 122 valence electrons. The van der Waals surface area contributed by atoms with Crippen molar-refractivity contribution < 1.29 is 9.53 Å². The quantitative estimate of drug-likeness (QED) is 0.901. The molecule has 23 heavy (non-hydrogen) atoms. The minimum absolute atomic E-state index is 0.433. The number of rotatable bonds is 4. The standard InChI is InChI=1S/C16H21N5O2/c1-11-17-8-7-13(20-11)10-18-12-5-6-14(19-9-12)21-15(22)23-16(2,3)4/h5-9,18H,10H2,1-4H3,(H,19,21,22). The molecule has 0 saturated carbocycles. The molecule has 2 aromatic rings. The first kappa shape index (κ1) is 16.7. The second-order valence-electron chi connectivity index (χ2n) is 6.01. The van der Waals surface area contributed by atoms with Gasteiger partial charge in [0, 0.05) is 6.20 Å². The van der Waals surface area contributed by atoms with Crippen molar-refractivity contribution in [3.8, 4) is 0 Å². The van der Waals surface area contributed by atoms with Crippen molar-refractivity contribution in [1.82, 2.24) is 15.0 Å². The second-order valence-corrected chi connectivity index (χ2v) is 6.01. The van der Waals surface area contributed by atoms with E-state index < -0.39 is 11.7 Å². The fraction of sp³-hybridized carbons (Fsp3) is 0.375. The van der Waals surface area contributed by atoms with Crippen LogP contribution >= 0.6 is 0 Å². The predicted octanol–water partition coefficient (Wildman–Crippen LogP) is 3.14. The van der Waals surface area contributed by atoms with Crippen molar-refractivity contribution in [2.75, 3.05) is 10.6 Å². The third kappa shape index (κ3) is 5.90. The lowest BCUT2D eigenvalue weighted by Gasteiger charge is -2.19. The second kappa shape index (κ2) is 7.04. The lowest BCUT2D eigenvalue weighted by molar-refractivity contribution is 0.0635. The van der Waals surface area contributed by atoms with E-state index in [4.69, 9.17) is 4.74 Å². The average molecular weight is 315 g/mol. The van der Waals surface area contributed by atoms with Crippen LogP contribution in [-0.2, 0) is 11.3 Å². The summed E-state index contributed by atoms with van der Waals surface area (Å²) in [4.78, 5) is 24.2. The summed E-state index contributed by atoms with van der Waals surface area (Å²) in [7, 11) is 0. The molecule has 0 aliphatic carbocycles. The lowest BCUT2D eigenvalue weighted by Crippen LogP contribution is -2.27. The Morgan fingerprint density at radius 3 is 2.61 bits per heavy atom. The van der Waals surface area contributed by atoms with Crippen LogP contribution in [0.15, 0.2) is 30.6 Å². The van der Waals surface area contributed by atoms with Crippen molar-refractivity contribution in [1.29, 1.82) is 0 Å². The van der Waals surface area contributed by atoms with Gasteiger partial charge in [-0.2, -0.15) is 0 Å². The van der Waals surface area contributed by atoms with Crippen LogP contribution in [0.2, 0.25) is 0 Å². The number of aromatic nitrogens is 3. The molecule has 0 fully saturated rings. The summed E-state index contributed by atoms with van der Waals surface area (Å²) in [6.45, 7) is 7.84. The Morgan fingerprint density at radius 2 is 2.00 bits per heavy atom. The summed E-state index contributed by atoms with van der Waals surface area (Å²) < 4.78 is 5.17. The number of anilines is 2. The van der Waals surface area contributed by atoms with Crippen LogP contribution in [0.1, 0.15) is 32.3 Å². The van der Waals surface area contributed by atoms with E-state index >= 15 is 0 Å². The minimum atomic E-state index is -0.540. The topological polar surface area (TPSA) is 89.0 Å². The Morgan fingerprint density at radius 1 is 1.22 bits per heavy atom. The van der Waals surface area contributed by atoms with Gasteiger partial charge in [0.1, 0.15) is 17.2 Å². The van der Waals surface area contributed by atoms with Crippen LogP contribution in [0.25, 0.3) is 0 Å². The number of aryl methyl sites for hydroxylation is 1. The van der Waals surface area contributed by atoms with Gasteiger partial charge in [0.2, 0.25) is 0 Å². The van der Waals surface area contributed by atoms with Crippen molar-refractivity contribution in [2.45, 2.75) is 39.8 Å². The highest BCUT2D eigenvalue weighted by molar-refractivity contribution is 5.83. The summed E-state index contributed by atoms with van der Waals surface area (Å²) in [5.74, 6) is 1.17. The highest BCUT2D eigenvalue weighted by atomic mass is 16.6. The van der Waals surface area contributed by atoms with Gasteiger partial charge in [0.15, 0.2) is 0 Å². The van der Waals surface area contributed by atoms with Crippen molar-refractivity contribution in [2.24, 2.45) is 0 Å². The van der Waals surface area contributed by atoms with Gasteiger partial charge in [0.25, 0.3) is 0 Å². The molecule has 2 N–H and O–H groups in total. The number of pyridine rings is 1. The highest BCUT2D eigenvalue weighted by Crippen LogP contribution is 2.13. The smallest absolute Gasteiger partial charge is 0.413 e. The zero-order valence-corrected chi connectivity index (χ0v) is 13.8. The SMILES string of the molecule is Cc1nccc(CNc2ccc(NC(=O)OC(C)(C)C)nc2)n1. The normalized spacial score (nSPS) is 11.0. The molecule has 0 aliphatic heterocycles. The Labute approximate surface area is 135 Å². The third-order valence-electron chi connectivity index (χ3n) is 2.70. The first-order valence-corrected chi connectivity index (χ1v) is 7.30. The molecule has 0 aromatic carbocycles. The van der Waals surface area contributed by atoms with Crippen molar-refractivity contribution >= 4 is 17.6 Å². The molecule has 7 heteroatoms. The Balaban J connectivity index is 1.88. The van der Waals surface area contributed by atoms with Crippen LogP contribution in [0.5, 0.6) is 0 Å². The third-order valence-corrected chi connectivity index (χ3v) is 2.70. The summed E-state index contributed by atoms with van der Waals surface area (Å²) in [6.07, 6.45) is 2.84. The maximum atomic E-state index is 11.7. The molecule has 2 aromatic heterocycles. The summed E-state index contributed by atoms with van der Waals surface area (Å²) >= 11 is 0. The maximum absolute atomic E-state index is 11.7. The first-order chi connectivity index (χ1) is 10.8. The van der Waals surface area contributed by atoms with Gasteiger partial charge in [0.05, 0.1) is 24.1 Å². The van der Waals surface area contributed by atoms with Crippen LogP contribution in [-0.4, -0.2) is 26.6 Å². The molecular weight excluding hydrogens is 294 g/mol. The molecule has 0 atom stereocenters. The lowest BCUT2D eigenvalue weighted by atomic mass is 10.2. The largest absolute Gasteiger partial charge is 0.444 e. The van der Waals surface area contributed by atoms with Crippen LogP contribution in [0, 0.1) is 6.92 Å². The van der Waals surface area contributed by atoms with Crippen LogP contribution in [0.4, 0.5) is 16.3 Å². The van der Waals surface area contributed by atoms with Crippen molar-refractivity contribution in [3.05, 3.63) is 42.1 Å². The maximum Gasteiger partial charge on any atom is 0.413 e. The average Bonchev–Trinajstić information content (AvgIpc) is 2.44. The molecule has 2 heterocycles. The summed E-state index contributed by atoms with van der Waals surface area (Å²) in [5, 5.41) is 5.80. The Kier molecular flexibility index (Phi) is 5.10. The molecule has 0 radical (unpaired) electrons. The molecule has 1 amide bonds. The molecular formula is C16H21N5O2. The highest BCUT2D eigenvalue weighted by Gasteiger charge is 2.16. The fourth-order valence-corrected chi connectivity index (χ4v) is 1.78. The number of nitrogens with one attached hydrogen (secondary N) is 2. The Hall–Kier alpha value is -2.70. The zero-order valence-electron chi connectivity index (χ0n) is 13.8. The van der Waals surface area contributed by atoms with Crippen LogP contribution in [0.3, 0.4) is 0 Å². The van der Waals surface area contributed by atoms with Gasteiger partial charge >= 0.3 is 6.09 Å². The van der Waals surface area contributed by atoms with Gasteiger partial charge in [-0.3, -0.25) is 5.32 Å². The number of amides is 1. The zero-order chi connectivity index (χ0) is 16.9. The van der Waals surface area contributed by atoms with Gasteiger partial charge in [-0.1, -0.05) is 0 Å². The van der Waals surface area contributed by atoms with E-state index in [-0.39, 0.29) is 0 Å². The molecule has 0 saturated heterocycles. The van der Waals surface area contributed by atoms with E-state index in [1.807, 2.05) is 39.8 Å². The van der Waals surface area contributed by atoms with Gasteiger partial charge in [-0.25, -0.2) is 19.7 Å². The molecule has 2 rings (SSSR count). The van der Waals surface area contributed by atoms with E-state index in [1.54, 1.807) is 18.5 Å². The minimum Gasteiger partial charge on any atom is -0.444 e. The summed E-state index contributed by atoms with van der Waals surface area (Å²) in [5.41, 5.74) is 1.19. The van der Waals surface area contributed by atoms with Gasteiger partial charge < -0.3 is 10.1 Å². The van der Waals surface area contributed by atoms with Crippen LogP contribution < -0.4 is 10.6 Å². The Bertz CT molecular complexity index is 665. The van der Waals surface area contributed by atoms with E-state index in [9.17, 15) is 4.79 Å². The van der Waals surface area contributed by atoms with Crippen molar-refractivity contribution in [3.63, 3.8) is 0 Å². The number of hydrogen-bond donors (Lipinski definition) is 2. The first-order valence-electron chi connectivity index (χ1n) is 7.30. The summed E-state index contributed by atoms with van der Waals surface area (Å²) in [6, 6.07) is 5.39. The fourth-order valence-electron chi connectivity index (χ4n) is 1.78. The number of carbonyl (C=O) groups is 1. The monoisotopic (exact) mass is 315 g/mol. The molecule has 0 bridgehead atoms. The predicted molar refractivity (Wildman–Crippen MR) is 88.2 cm³/mol. The number of nitrogens with zero attached hydrogens (tertiary/aromatic N) is 3. The molecule has 7 nitrogen and oxygen atoms in total. The van der Waals surface area contributed by atoms with E-state index in [0.29, 0.717) is 12.4 Å². The van der Waals surface area contributed by atoms with E-state index in [2.05, 4.69) is 25.6 Å². The molecule has 0 unspecified atom stereocenters. The van der Waals surface area contributed by atoms with Gasteiger partial charge in [-0.15, -0.1) is 0 Å².